The van der Waals surface area contributed by atoms with Crippen molar-refractivity contribution in [1.82, 2.24) is 9.55 Å². The average molecular weight is 368 g/mol. The second-order valence-electron chi connectivity index (χ2n) is 5.88. The molecule has 0 aliphatic heterocycles. The zero-order valence-corrected chi connectivity index (χ0v) is 15.4. The lowest BCUT2D eigenvalue weighted by Gasteiger charge is -2.10. The van der Waals surface area contributed by atoms with Crippen molar-refractivity contribution in [3.8, 4) is 11.5 Å². The van der Waals surface area contributed by atoms with Crippen LogP contribution in [0.3, 0.4) is 0 Å². The summed E-state index contributed by atoms with van der Waals surface area (Å²) >= 11 is 0. The fourth-order valence-electron chi connectivity index (χ4n) is 2.82. The van der Waals surface area contributed by atoms with Gasteiger partial charge in [-0.25, -0.2) is 4.98 Å². The topological polar surface area (TPSA) is 79.7 Å². The van der Waals surface area contributed by atoms with E-state index >= 15 is 0 Å². The number of carbonyl (C=O) groups excluding carboxylic acids is 2. The highest BCUT2D eigenvalue weighted by Gasteiger charge is 2.17. The van der Waals surface area contributed by atoms with E-state index < -0.39 is 5.97 Å². The smallest absolute Gasteiger partial charge is 0.326 e. The number of aryl methyl sites for hydroxylation is 1. The van der Waals surface area contributed by atoms with Crippen LogP contribution in [0.2, 0.25) is 0 Å². The Labute approximate surface area is 156 Å². The van der Waals surface area contributed by atoms with Gasteiger partial charge in [0.05, 0.1) is 30.8 Å². The molecule has 7 nitrogen and oxygen atoms in total. The molecule has 0 radical (unpaired) electrons. The van der Waals surface area contributed by atoms with Crippen molar-refractivity contribution in [2.24, 2.45) is 0 Å². The first kappa shape index (κ1) is 18.4. The molecule has 0 bridgehead atoms. The third kappa shape index (κ3) is 3.92. The van der Waals surface area contributed by atoms with Crippen molar-refractivity contribution < 1.29 is 23.8 Å². The van der Waals surface area contributed by atoms with E-state index in [0.29, 0.717) is 22.9 Å². The molecule has 27 heavy (non-hydrogen) atoms. The Balaban J connectivity index is 1.67. The molecule has 0 saturated heterocycles. The highest BCUT2D eigenvalue weighted by Crippen LogP contribution is 2.25. The first-order valence-electron chi connectivity index (χ1n) is 8.36. The minimum absolute atomic E-state index is 0.0145. The highest BCUT2D eigenvalue weighted by atomic mass is 16.5. The van der Waals surface area contributed by atoms with Crippen molar-refractivity contribution >= 4 is 22.8 Å². The number of ether oxygens (including phenoxy) is 3. The molecule has 0 amide bonds. The predicted molar refractivity (Wildman–Crippen MR) is 99.3 cm³/mol. The predicted octanol–water partition coefficient (Wildman–Crippen LogP) is 2.79. The standard InChI is InChI=1S/C20H20N2O5/c1-13-21-16-6-4-5-7-17(16)22(13)11-20(24)27-12-18(23)15-9-8-14(25-2)10-19(15)26-3/h4-10H,11-12H2,1-3H3. The zero-order chi connectivity index (χ0) is 19.4. The molecular weight excluding hydrogens is 348 g/mol. The van der Waals surface area contributed by atoms with Crippen LogP contribution in [0.4, 0.5) is 0 Å². The van der Waals surface area contributed by atoms with E-state index in [1.165, 1.54) is 14.2 Å². The molecule has 0 aliphatic carbocycles. The van der Waals surface area contributed by atoms with E-state index in [2.05, 4.69) is 4.98 Å². The van der Waals surface area contributed by atoms with Gasteiger partial charge in [0.25, 0.3) is 0 Å². The zero-order valence-electron chi connectivity index (χ0n) is 15.4. The Bertz CT molecular complexity index is 993. The number of para-hydroxylation sites is 2. The summed E-state index contributed by atoms with van der Waals surface area (Å²) in [6.07, 6.45) is 0. The minimum Gasteiger partial charge on any atom is -0.497 e. The lowest BCUT2D eigenvalue weighted by molar-refractivity contribution is -0.143. The van der Waals surface area contributed by atoms with Gasteiger partial charge >= 0.3 is 5.97 Å². The third-order valence-corrected chi connectivity index (χ3v) is 4.21. The molecule has 0 unspecified atom stereocenters. The summed E-state index contributed by atoms with van der Waals surface area (Å²) in [4.78, 5) is 29.0. The molecule has 1 heterocycles. The number of hydrogen-bond donors (Lipinski definition) is 0. The van der Waals surface area contributed by atoms with Gasteiger partial charge in [-0.3, -0.25) is 9.59 Å². The van der Waals surface area contributed by atoms with Crippen LogP contribution in [0.1, 0.15) is 16.2 Å². The quantitative estimate of drug-likeness (QED) is 0.471. The fourth-order valence-corrected chi connectivity index (χ4v) is 2.82. The van der Waals surface area contributed by atoms with Gasteiger partial charge in [0.1, 0.15) is 23.9 Å². The van der Waals surface area contributed by atoms with E-state index in [0.717, 1.165) is 11.0 Å². The molecule has 0 fully saturated rings. The second-order valence-corrected chi connectivity index (χ2v) is 5.88. The molecule has 140 valence electrons. The number of nitrogens with zero attached hydrogens (tertiary/aromatic N) is 2. The average Bonchev–Trinajstić information content (AvgIpc) is 3.00. The normalized spacial score (nSPS) is 10.6. The lowest BCUT2D eigenvalue weighted by Crippen LogP contribution is -2.19. The van der Waals surface area contributed by atoms with Crippen LogP contribution in [-0.2, 0) is 16.1 Å². The van der Waals surface area contributed by atoms with Gasteiger partial charge < -0.3 is 18.8 Å². The summed E-state index contributed by atoms with van der Waals surface area (Å²) in [5.41, 5.74) is 1.98. The summed E-state index contributed by atoms with van der Waals surface area (Å²) < 4.78 is 17.2. The second kappa shape index (κ2) is 7.90. The molecule has 2 aromatic carbocycles. The lowest BCUT2D eigenvalue weighted by atomic mass is 10.1. The summed E-state index contributed by atoms with van der Waals surface area (Å²) in [7, 11) is 2.99. The van der Waals surface area contributed by atoms with Gasteiger partial charge in [-0.1, -0.05) is 12.1 Å². The Hall–Kier alpha value is -3.35. The number of carbonyl (C=O) groups is 2. The molecule has 0 spiro atoms. The number of methoxy groups -OCH3 is 2. The van der Waals surface area contributed by atoms with Gasteiger partial charge in [-0.2, -0.15) is 0 Å². The number of fused-ring (bicyclic) bond motifs is 1. The Morgan fingerprint density at radius 2 is 1.85 bits per heavy atom. The first-order chi connectivity index (χ1) is 13.0. The van der Waals surface area contributed by atoms with Gasteiger partial charge in [0, 0.05) is 6.07 Å². The van der Waals surface area contributed by atoms with E-state index in [1.54, 1.807) is 22.8 Å². The van der Waals surface area contributed by atoms with Crippen LogP contribution >= 0.6 is 0 Å². The van der Waals surface area contributed by atoms with Crippen LogP contribution in [0, 0.1) is 6.92 Å². The van der Waals surface area contributed by atoms with Gasteiger partial charge in [0.2, 0.25) is 5.78 Å². The molecule has 1 aromatic heterocycles. The molecule has 3 rings (SSSR count). The minimum atomic E-state index is -0.512. The van der Waals surface area contributed by atoms with Crippen molar-refractivity contribution in [3.63, 3.8) is 0 Å². The third-order valence-electron chi connectivity index (χ3n) is 4.21. The first-order valence-corrected chi connectivity index (χ1v) is 8.36. The van der Waals surface area contributed by atoms with Crippen molar-refractivity contribution in [2.45, 2.75) is 13.5 Å². The van der Waals surface area contributed by atoms with E-state index in [4.69, 9.17) is 14.2 Å². The Kier molecular flexibility index (Phi) is 5.40. The summed E-state index contributed by atoms with van der Waals surface area (Å²) in [5, 5.41) is 0. The van der Waals surface area contributed by atoms with Crippen LogP contribution in [0.25, 0.3) is 11.0 Å². The number of imidazole rings is 1. The number of rotatable bonds is 7. The monoisotopic (exact) mass is 368 g/mol. The van der Waals surface area contributed by atoms with Gasteiger partial charge in [-0.15, -0.1) is 0 Å². The SMILES string of the molecule is COc1ccc(C(=O)COC(=O)Cn2c(C)nc3ccccc32)c(OC)c1. The Morgan fingerprint density at radius 1 is 1.07 bits per heavy atom. The molecule has 7 heteroatoms. The van der Waals surface area contributed by atoms with Crippen molar-refractivity contribution in [2.75, 3.05) is 20.8 Å². The van der Waals surface area contributed by atoms with Crippen molar-refractivity contribution in [3.05, 3.63) is 53.9 Å². The van der Waals surface area contributed by atoms with Gasteiger partial charge in [0.15, 0.2) is 6.61 Å². The summed E-state index contributed by atoms with van der Waals surface area (Å²) in [6.45, 7) is 1.44. The van der Waals surface area contributed by atoms with E-state index in [9.17, 15) is 9.59 Å². The number of ketones is 1. The Morgan fingerprint density at radius 3 is 2.59 bits per heavy atom. The molecule has 3 aromatic rings. The molecule has 0 aliphatic rings. The molecule has 0 saturated carbocycles. The van der Waals surface area contributed by atoms with Crippen LogP contribution in [0.15, 0.2) is 42.5 Å². The van der Waals surface area contributed by atoms with Crippen LogP contribution in [0.5, 0.6) is 11.5 Å². The maximum Gasteiger partial charge on any atom is 0.326 e. The van der Waals surface area contributed by atoms with Crippen LogP contribution in [-0.4, -0.2) is 42.1 Å². The maximum atomic E-state index is 12.4. The fraction of sp³-hybridized carbons (Fsp3) is 0.250. The molecule has 0 atom stereocenters. The maximum absolute atomic E-state index is 12.4. The van der Waals surface area contributed by atoms with E-state index in [1.807, 2.05) is 31.2 Å². The number of benzene rings is 2. The summed E-state index contributed by atoms with van der Waals surface area (Å²) in [6, 6.07) is 12.4. The molecular formula is C20H20N2O5. The van der Waals surface area contributed by atoms with Crippen molar-refractivity contribution in [1.29, 1.82) is 0 Å². The molecule has 0 N–H and O–H groups in total. The highest BCUT2D eigenvalue weighted by molar-refractivity contribution is 6.00. The summed E-state index contributed by atoms with van der Waals surface area (Å²) in [5.74, 6) is 0.781. The number of Topliss-reactive ketones (excluding diaryl/α,β-unsaturated/α-hetero) is 1. The van der Waals surface area contributed by atoms with Gasteiger partial charge in [-0.05, 0) is 31.2 Å². The largest absolute Gasteiger partial charge is 0.497 e. The number of hydrogen-bond acceptors (Lipinski definition) is 6. The van der Waals surface area contributed by atoms with Crippen LogP contribution < -0.4 is 9.47 Å². The number of aromatic nitrogens is 2. The van der Waals surface area contributed by atoms with E-state index in [-0.39, 0.29) is 18.9 Å². The number of esters is 1.